The highest BCUT2D eigenvalue weighted by Gasteiger charge is 2.16. The number of benzene rings is 1. The van der Waals surface area contributed by atoms with Gasteiger partial charge < -0.3 is 0 Å². The van der Waals surface area contributed by atoms with Gasteiger partial charge in [0.15, 0.2) is 17.4 Å². The third-order valence-electron chi connectivity index (χ3n) is 2.25. The van der Waals surface area contributed by atoms with Crippen molar-refractivity contribution in [1.29, 1.82) is 0 Å². The van der Waals surface area contributed by atoms with Crippen LogP contribution in [0.3, 0.4) is 0 Å². The van der Waals surface area contributed by atoms with Gasteiger partial charge in [0.05, 0.1) is 9.90 Å². The summed E-state index contributed by atoms with van der Waals surface area (Å²) >= 11 is 6.98. The van der Waals surface area contributed by atoms with E-state index in [2.05, 4.69) is 0 Å². The molecule has 2 aromatic rings. The molecule has 0 amide bonds. The quantitative estimate of drug-likeness (QED) is 0.769. The molecule has 1 nitrogen and oxygen atoms in total. The lowest BCUT2D eigenvalue weighted by Gasteiger charge is -2.02. The summed E-state index contributed by atoms with van der Waals surface area (Å²) in [6, 6.07) is 5.37. The van der Waals surface area contributed by atoms with Gasteiger partial charge in [0.1, 0.15) is 0 Å². The van der Waals surface area contributed by atoms with E-state index in [1.165, 1.54) is 23.5 Å². The van der Waals surface area contributed by atoms with Gasteiger partial charge >= 0.3 is 0 Å². The number of ketones is 1. The van der Waals surface area contributed by atoms with Gasteiger partial charge in [-0.1, -0.05) is 23.7 Å². The summed E-state index contributed by atoms with van der Waals surface area (Å²) in [5.74, 6) is -2.24. The van der Waals surface area contributed by atoms with Gasteiger partial charge in [0.25, 0.3) is 0 Å². The molecule has 0 N–H and O–H groups in total. The standard InChI is InChI=1S/C12H7ClF2OS/c13-8-4-5-17-12(8)10(16)6-7-2-1-3-9(14)11(7)15/h1-5H,6H2. The Morgan fingerprint density at radius 3 is 2.71 bits per heavy atom. The van der Waals surface area contributed by atoms with Gasteiger partial charge in [-0.25, -0.2) is 8.78 Å². The van der Waals surface area contributed by atoms with Gasteiger partial charge in [-0.15, -0.1) is 11.3 Å². The van der Waals surface area contributed by atoms with Crippen LogP contribution in [0.1, 0.15) is 15.2 Å². The molecule has 2 rings (SSSR count). The van der Waals surface area contributed by atoms with Crippen molar-refractivity contribution in [2.24, 2.45) is 0 Å². The molecule has 5 heteroatoms. The summed E-state index contributed by atoms with van der Waals surface area (Å²) in [6.45, 7) is 0. The van der Waals surface area contributed by atoms with Gasteiger partial charge in [-0.3, -0.25) is 4.79 Å². The monoisotopic (exact) mass is 272 g/mol. The molecule has 0 atom stereocenters. The Bertz CT molecular complexity index is 565. The van der Waals surface area contributed by atoms with Crippen molar-refractivity contribution in [2.45, 2.75) is 6.42 Å². The van der Waals surface area contributed by atoms with Crippen LogP contribution in [0, 0.1) is 11.6 Å². The number of hydrogen-bond donors (Lipinski definition) is 0. The van der Waals surface area contributed by atoms with E-state index in [0.717, 1.165) is 6.07 Å². The van der Waals surface area contributed by atoms with Crippen molar-refractivity contribution in [3.05, 3.63) is 56.7 Å². The predicted octanol–water partition coefficient (Wildman–Crippen LogP) is 4.11. The first-order valence-electron chi connectivity index (χ1n) is 4.78. The Labute approximate surface area is 106 Å². The number of carbonyl (C=O) groups is 1. The molecule has 17 heavy (non-hydrogen) atoms. The second kappa shape index (κ2) is 4.94. The number of carbonyl (C=O) groups excluding carboxylic acids is 1. The highest BCUT2D eigenvalue weighted by Crippen LogP contribution is 2.24. The third-order valence-corrected chi connectivity index (χ3v) is 3.64. The topological polar surface area (TPSA) is 17.1 Å². The molecule has 0 aliphatic rings. The molecule has 0 bridgehead atoms. The van der Waals surface area contributed by atoms with E-state index in [1.807, 2.05) is 0 Å². The minimum absolute atomic E-state index is 0.0412. The van der Waals surface area contributed by atoms with Crippen LogP contribution in [-0.2, 0) is 6.42 Å². The molecule has 0 radical (unpaired) electrons. The van der Waals surface area contributed by atoms with Crippen LogP contribution < -0.4 is 0 Å². The molecule has 0 spiro atoms. The van der Waals surface area contributed by atoms with Crippen molar-refractivity contribution < 1.29 is 13.6 Å². The lowest BCUT2D eigenvalue weighted by atomic mass is 10.1. The van der Waals surface area contributed by atoms with Crippen LogP contribution in [0.4, 0.5) is 8.78 Å². The van der Waals surface area contributed by atoms with E-state index in [9.17, 15) is 13.6 Å². The Hall–Kier alpha value is -1.26. The summed E-state index contributed by atoms with van der Waals surface area (Å²) in [5, 5.41) is 2.02. The average Bonchev–Trinajstić information content (AvgIpc) is 2.71. The second-order valence-electron chi connectivity index (χ2n) is 3.41. The third kappa shape index (κ3) is 2.53. The molecule has 0 unspecified atom stereocenters. The summed E-state index contributed by atoms with van der Waals surface area (Å²) in [4.78, 5) is 12.2. The number of halogens is 3. The van der Waals surface area contributed by atoms with Gasteiger partial charge in [-0.2, -0.15) is 0 Å². The number of Topliss-reactive ketones (excluding diaryl/α,β-unsaturated/α-hetero) is 1. The normalized spacial score (nSPS) is 10.5. The summed E-state index contributed by atoms with van der Waals surface area (Å²) in [6.07, 6.45) is -0.191. The van der Waals surface area contributed by atoms with E-state index in [4.69, 9.17) is 11.6 Å². The predicted molar refractivity (Wildman–Crippen MR) is 63.7 cm³/mol. The zero-order valence-electron chi connectivity index (χ0n) is 8.54. The smallest absolute Gasteiger partial charge is 0.178 e. The van der Waals surface area contributed by atoms with E-state index >= 15 is 0 Å². The van der Waals surface area contributed by atoms with E-state index in [1.54, 1.807) is 11.4 Å². The Morgan fingerprint density at radius 1 is 1.29 bits per heavy atom. The number of thiophene rings is 1. The zero-order chi connectivity index (χ0) is 12.4. The number of rotatable bonds is 3. The van der Waals surface area contributed by atoms with Gasteiger partial charge in [0, 0.05) is 6.42 Å². The van der Waals surface area contributed by atoms with Crippen LogP contribution in [0.5, 0.6) is 0 Å². The molecular weight excluding hydrogens is 266 g/mol. The van der Waals surface area contributed by atoms with Crippen LogP contribution >= 0.6 is 22.9 Å². The lowest BCUT2D eigenvalue weighted by molar-refractivity contribution is 0.0995. The molecule has 1 heterocycles. The van der Waals surface area contributed by atoms with E-state index in [0.29, 0.717) is 9.90 Å². The fraction of sp³-hybridized carbons (Fsp3) is 0.0833. The molecule has 0 aliphatic heterocycles. The van der Waals surface area contributed by atoms with Gasteiger partial charge in [0.2, 0.25) is 0 Å². The van der Waals surface area contributed by atoms with Crippen LogP contribution in [0.2, 0.25) is 5.02 Å². The maximum absolute atomic E-state index is 13.3. The minimum atomic E-state index is -0.978. The van der Waals surface area contributed by atoms with Gasteiger partial charge in [-0.05, 0) is 23.1 Å². The highest BCUT2D eigenvalue weighted by atomic mass is 35.5. The van der Waals surface area contributed by atoms with Crippen LogP contribution in [-0.4, -0.2) is 5.78 Å². The molecule has 1 aromatic heterocycles. The largest absolute Gasteiger partial charge is 0.293 e. The Balaban J connectivity index is 2.25. The second-order valence-corrected chi connectivity index (χ2v) is 4.73. The molecule has 1 aromatic carbocycles. The highest BCUT2D eigenvalue weighted by molar-refractivity contribution is 7.12. The fourth-order valence-corrected chi connectivity index (χ4v) is 2.53. The molecule has 0 saturated heterocycles. The zero-order valence-corrected chi connectivity index (χ0v) is 10.1. The fourth-order valence-electron chi connectivity index (χ4n) is 1.43. The number of hydrogen-bond acceptors (Lipinski definition) is 2. The van der Waals surface area contributed by atoms with Crippen LogP contribution in [0.25, 0.3) is 0 Å². The van der Waals surface area contributed by atoms with Crippen molar-refractivity contribution in [2.75, 3.05) is 0 Å². The maximum Gasteiger partial charge on any atom is 0.178 e. The van der Waals surface area contributed by atoms with Crippen molar-refractivity contribution >= 4 is 28.7 Å². The summed E-state index contributed by atoms with van der Waals surface area (Å²) in [7, 11) is 0. The molecule has 0 fully saturated rings. The van der Waals surface area contributed by atoms with Crippen molar-refractivity contribution in [3.63, 3.8) is 0 Å². The summed E-state index contributed by atoms with van der Waals surface area (Å²) in [5.41, 5.74) is 0.0412. The maximum atomic E-state index is 13.3. The minimum Gasteiger partial charge on any atom is -0.293 e. The van der Waals surface area contributed by atoms with Crippen LogP contribution in [0.15, 0.2) is 29.6 Å². The molecule has 0 saturated carbocycles. The molecular formula is C12H7ClF2OS. The first kappa shape index (κ1) is 12.2. The Morgan fingerprint density at radius 2 is 2.06 bits per heavy atom. The molecule has 0 aliphatic carbocycles. The van der Waals surface area contributed by atoms with E-state index < -0.39 is 11.6 Å². The molecule has 88 valence electrons. The average molecular weight is 273 g/mol. The lowest BCUT2D eigenvalue weighted by Crippen LogP contribution is -2.05. The van der Waals surface area contributed by atoms with Crippen molar-refractivity contribution in [1.82, 2.24) is 0 Å². The SMILES string of the molecule is O=C(Cc1cccc(F)c1F)c1sccc1Cl. The first-order valence-corrected chi connectivity index (χ1v) is 6.04. The first-order chi connectivity index (χ1) is 8.09. The Kier molecular flexibility index (Phi) is 3.54. The summed E-state index contributed by atoms with van der Waals surface area (Å²) < 4.78 is 26.3. The van der Waals surface area contributed by atoms with Crippen molar-refractivity contribution in [3.8, 4) is 0 Å². The van der Waals surface area contributed by atoms with E-state index in [-0.39, 0.29) is 17.8 Å².